The molecule has 0 radical (unpaired) electrons. The Morgan fingerprint density at radius 2 is 1.69 bits per heavy atom. The van der Waals surface area contributed by atoms with Gasteiger partial charge >= 0.3 is 0 Å². The summed E-state index contributed by atoms with van der Waals surface area (Å²) in [5.74, 6) is 1.73. The summed E-state index contributed by atoms with van der Waals surface area (Å²) >= 11 is 0. The zero-order chi connectivity index (χ0) is 17.3. The van der Waals surface area contributed by atoms with Crippen molar-refractivity contribution in [3.63, 3.8) is 0 Å². The molecule has 2 aliphatic rings. The van der Waals surface area contributed by atoms with Gasteiger partial charge in [-0.15, -0.1) is 0 Å². The van der Waals surface area contributed by atoms with E-state index in [1.54, 1.807) is 12.7 Å². The molecule has 0 amide bonds. The van der Waals surface area contributed by atoms with Crippen molar-refractivity contribution in [2.45, 2.75) is 25.2 Å². The fourth-order valence-corrected chi connectivity index (χ4v) is 3.82. The van der Waals surface area contributed by atoms with Gasteiger partial charge in [0.1, 0.15) is 18.5 Å². The number of piperazine rings is 1. The molecule has 6 heteroatoms. The molecule has 1 saturated heterocycles. The molecule has 0 N–H and O–H groups in total. The summed E-state index contributed by atoms with van der Waals surface area (Å²) in [5.41, 5.74) is 3.45. The highest BCUT2D eigenvalue weighted by atomic mass is 15.3. The van der Waals surface area contributed by atoms with Crippen molar-refractivity contribution in [3.8, 4) is 0 Å². The lowest BCUT2D eigenvalue weighted by atomic mass is 9.83. The third-order valence-corrected chi connectivity index (χ3v) is 5.65. The minimum atomic E-state index is 0.651. The van der Waals surface area contributed by atoms with Crippen LogP contribution in [0.3, 0.4) is 0 Å². The molecular formula is C20H22N6. The van der Waals surface area contributed by atoms with E-state index in [1.807, 2.05) is 6.20 Å². The number of anilines is 2. The van der Waals surface area contributed by atoms with E-state index in [-0.39, 0.29) is 0 Å². The Bertz CT molecular complexity index is 915. The highest BCUT2D eigenvalue weighted by molar-refractivity contribution is 5.81. The first-order valence-electron chi connectivity index (χ1n) is 9.38. The average molecular weight is 346 g/mol. The van der Waals surface area contributed by atoms with Gasteiger partial charge in [-0.05, 0) is 31.0 Å². The molecule has 3 heterocycles. The SMILES string of the molecule is c1nc(C2CCC2)cc(N2CCN(c3ccc4ncncc4c3)CC2)n1. The van der Waals surface area contributed by atoms with Crippen LogP contribution in [0, 0.1) is 0 Å². The molecule has 2 aromatic heterocycles. The predicted molar refractivity (Wildman–Crippen MR) is 103 cm³/mol. The van der Waals surface area contributed by atoms with E-state index in [0.29, 0.717) is 5.92 Å². The molecular weight excluding hydrogens is 324 g/mol. The molecule has 5 rings (SSSR count). The van der Waals surface area contributed by atoms with Gasteiger partial charge in [-0.3, -0.25) is 0 Å². The fraction of sp³-hybridized carbons (Fsp3) is 0.400. The van der Waals surface area contributed by atoms with Crippen molar-refractivity contribution in [1.29, 1.82) is 0 Å². The van der Waals surface area contributed by atoms with Crippen LogP contribution in [0.4, 0.5) is 11.5 Å². The van der Waals surface area contributed by atoms with Crippen LogP contribution < -0.4 is 9.80 Å². The topological polar surface area (TPSA) is 58.0 Å². The molecule has 0 unspecified atom stereocenters. The molecule has 0 atom stereocenters. The lowest BCUT2D eigenvalue weighted by Gasteiger charge is -2.37. The van der Waals surface area contributed by atoms with Crippen LogP contribution >= 0.6 is 0 Å². The van der Waals surface area contributed by atoms with Crippen molar-refractivity contribution in [1.82, 2.24) is 19.9 Å². The van der Waals surface area contributed by atoms with Gasteiger partial charge in [0.05, 0.1) is 5.52 Å². The fourth-order valence-electron chi connectivity index (χ4n) is 3.82. The summed E-state index contributed by atoms with van der Waals surface area (Å²) in [6.45, 7) is 3.93. The van der Waals surface area contributed by atoms with E-state index in [4.69, 9.17) is 0 Å². The van der Waals surface area contributed by atoms with Gasteiger partial charge in [-0.25, -0.2) is 19.9 Å². The minimum Gasteiger partial charge on any atom is -0.368 e. The molecule has 2 fully saturated rings. The highest BCUT2D eigenvalue weighted by Crippen LogP contribution is 2.36. The number of benzene rings is 1. The van der Waals surface area contributed by atoms with Crippen LogP contribution in [0.15, 0.2) is 43.1 Å². The number of hydrogen-bond donors (Lipinski definition) is 0. The summed E-state index contributed by atoms with van der Waals surface area (Å²) in [7, 11) is 0. The number of fused-ring (bicyclic) bond motifs is 1. The molecule has 0 bridgehead atoms. The molecule has 1 aliphatic heterocycles. The Labute approximate surface area is 152 Å². The number of nitrogens with zero attached hydrogens (tertiary/aromatic N) is 6. The van der Waals surface area contributed by atoms with E-state index >= 15 is 0 Å². The van der Waals surface area contributed by atoms with Crippen molar-refractivity contribution in [2.24, 2.45) is 0 Å². The monoisotopic (exact) mass is 346 g/mol. The maximum atomic E-state index is 4.52. The van der Waals surface area contributed by atoms with Gasteiger partial charge < -0.3 is 9.80 Å². The van der Waals surface area contributed by atoms with Crippen molar-refractivity contribution >= 4 is 22.4 Å². The maximum Gasteiger partial charge on any atom is 0.132 e. The lowest BCUT2D eigenvalue weighted by molar-refractivity contribution is 0.410. The third-order valence-electron chi connectivity index (χ3n) is 5.65. The van der Waals surface area contributed by atoms with Gasteiger partial charge in [0.2, 0.25) is 0 Å². The second-order valence-electron chi connectivity index (χ2n) is 7.17. The second-order valence-corrected chi connectivity index (χ2v) is 7.17. The summed E-state index contributed by atoms with van der Waals surface area (Å²) < 4.78 is 0. The van der Waals surface area contributed by atoms with Crippen LogP contribution in [0.1, 0.15) is 30.9 Å². The van der Waals surface area contributed by atoms with E-state index < -0.39 is 0 Å². The quantitative estimate of drug-likeness (QED) is 0.727. The Morgan fingerprint density at radius 3 is 2.50 bits per heavy atom. The van der Waals surface area contributed by atoms with Crippen molar-refractivity contribution in [3.05, 3.63) is 48.8 Å². The first-order chi connectivity index (χ1) is 12.9. The maximum absolute atomic E-state index is 4.52. The normalized spacial score (nSPS) is 18.2. The van der Waals surface area contributed by atoms with Gasteiger partial charge in [0.15, 0.2) is 0 Å². The zero-order valence-electron chi connectivity index (χ0n) is 14.8. The summed E-state index contributed by atoms with van der Waals surface area (Å²) in [4.78, 5) is 22.3. The molecule has 6 nitrogen and oxygen atoms in total. The molecule has 3 aromatic rings. The number of aromatic nitrogens is 4. The molecule has 0 spiro atoms. The van der Waals surface area contributed by atoms with Crippen LogP contribution in [0.25, 0.3) is 10.9 Å². The molecule has 1 saturated carbocycles. The first-order valence-corrected chi connectivity index (χ1v) is 9.38. The minimum absolute atomic E-state index is 0.651. The largest absolute Gasteiger partial charge is 0.368 e. The van der Waals surface area contributed by atoms with Gasteiger partial charge in [0, 0.05) is 61.1 Å². The predicted octanol–water partition coefficient (Wildman–Crippen LogP) is 3.01. The van der Waals surface area contributed by atoms with Gasteiger partial charge in [-0.2, -0.15) is 0 Å². The zero-order valence-corrected chi connectivity index (χ0v) is 14.8. The smallest absolute Gasteiger partial charge is 0.132 e. The number of rotatable bonds is 3. The van der Waals surface area contributed by atoms with Crippen LogP contribution in [0.5, 0.6) is 0 Å². The lowest BCUT2D eigenvalue weighted by Crippen LogP contribution is -2.46. The van der Waals surface area contributed by atoms with E-state index in [2.05, 4.69) is 54.0 Å². The summed E-state index contributed by atoms with van der Waals surface area (Å²) in [6, 6.07) is 8.62. The third kappa shape index (κ3) is 2.85. The molecule has 132 valence electrons. The van der Waals surface area contributed by atoms with Crippen LogP contribution in [-0.4, -0.2) is 46.1 Å². The Hall–Kier alpha value is -2.76. The highest BCUT2D eigenvalue weighted by Gasteiger charge is 2.23. The van der Waals surface area contributed by atoms with E-state index in [9.17, 15) is 0 Å². The Kier molecular flexibility index (Phi) is 3.88. The van der Waals surface area contributed by atoms with Crippen molar-refractivity contribution in [2.75, 3.05) is 36.0 Å². The summed E-state index contributed by atoms with van der Waals surface area (Å²) in [6.07, 6.45) is 9.09. The van der Waals surface area contributed by atoms with Crippen LogP contribution in [-0.2, 0) is 0 Å². The number of hydrogen-bond acceptors (Lipinski definition) is 6. The van der Waals surface area contributed by atoms with E-state index in [1.165, 1.54) is 30.6 Å². The second kappa shape index (κ2) is 6.52. The Morgan fingerprint density at radius 1 is 0.846 bits per heavy atom. The van der Waals surface area contributed by atoms with Gasteiger partial charge in [-0.1, -0.05) is 6.42 Å². The standard InChI is InChI=1S/C20H22N6/c1-2-15(3-1)19-11-20(24-14-23-19)26-8-6-25(7-9-26)17-4-5-18-16(10-17)12-21-13-22-18/h4-5,10-15H,1-3,6-9H2. The first kappa shape index (κ1) is 15.5. The molecule has 26 heavy (non-hydrogen) atoms. The van der Waals surface area contributed by atoms with Crippen LogP contribution in [0.2, 0.25) is 0 Å². The Balaban J connectivity index is 1.29. The average Bonchev–Trinajstić information content (AvgIpc) is 2.67. The summed E-state index contributed by atoms with van der Waals surface area (Å²) in [5, 5.41) is 1.09. The van der Waals surface area contributed by atoms with E-state index in [0.717, 1.165) is 42.9 Å². The molecule has 1 aromatic carbocycles. The van der Waals surface area contributed by atoms with Gasteiger partial charge in [0.25, 0.3) is 0 Å². The van der Waals surface area contributed by atoms with Crippen molar-refractivity contribution < 1.29 is 0 Å². The molecule has 1 aliphatic carbocycles.